The van der Waals surface area contributed by atoms with Crippen LogP contribution >= 0.6 is 0 Å². The number of aryl methyl sites for hydroxylation is 1. The Balaban J connectivity index is 3.00. The van der Waals surface area contributed by atoms with E-state index in [1.165, 1.54) is 0 Å². The number of hydrogen-bond acceptors (Lipinski definition) is 2. The molecule has 11 heavy (non-hydrogen) atoms. The van der Waals surface area contributed by atoms with Crippen molar-refractivity contribution in [1.29, 1.82) is 0 Å². The molecule has 0 fully saturated rings. The lowest BCUT2D eigenvalue weighted by Gasteiger charge is -2.03. The standard InChI is InChI=1S/C8H15N3/c1-4-11-8(9)7(5-10-11)6(2)3/h5-6H,4,9H2,1-3H3. The third kappa shape index (κ3) is 1.37. The van der Waals surface area contributed by atoms with Crippen LogP contribution in [0.1, 0.15) is 32.3 Å². The van der Waals surface area contributed by atoms with Crippen LogP contribution in [0.2, 0.25) is 0 Å². The zero-order valence-electron chi connectivity index (χ0n) is 7.33. The van der Waals surface area contributed by atoms with Crippen molar-refractivity contribution in [1.82, 2.24) is 9.78 Å². The van der Waals surface area contributed by atoms with Crippen LogP contribution in [0.25, 0.3) is 0 Å². The van der Waals surface area contributed by atoms with Crippen molar-refractivity contribution < 1.29 is 0 Å². The van der Waals surface area contributed by atoms with E-state index < -0.39 is 0 Å². The molecule has 0 aliphatic rings. The van der Waals surface area contributed by atoms with Crippen LogP contribution in [-0.4, -0.2) is 9.78 Å². The van der Waals surface area contributed by atoms with Gasteiger partial charge in [-0.3, -0.25) is 4.68 Å². The maximum absolute atomic E-state index is 5.82. The Kier molecular flexibility index (Phi) is 2.17. The molecule has 0 bridgehead atoms. The number of aromatic nitrogens is 2. The fourth-order valence-electron chi connectivity index (χ4n) is 1.11. The predicted molar refractivity (Wildman–Crippen MR) is 46.4 cm³/mol. The smallest absolute Gasteiger partial charge is 0.125 e. The highest BCUT2D eigenvalue weighted by Gasteiger charge is 2.08. The quantitative estimate of drug-likeness (QED) is 0.701. The number of nitrogens with zero attached hydrogens (tertiary/aromatic N) is 2. The van der Waals surface area contributed by atoms with Crippen LogP contribution in [0.4, 0.5) is 5.82 Å². The number of nitrogens with two attached hydrogens (primary N) is 1. The van der Waals surface area contributed by atoms with E-state index >= 15 is 0 Å². The molecule has 0 radical (unpaired) electrons. The van der Waals surface area contributed by atoms with E-state index in [-0.39, 0.29) is 0 Å². The topological polar surface area (TPSA) is 43.8 Å². The largest absolute Gasteiger partial charge is 0.384 e. The van der Waals surface area contributed by atoms with Crippen LogP contribution in [-0.2, 0) is 6.54 Å². The van der Waals surface area contributed by atoms with Crippen molar-refractivity contribution in [2.75, 3.05) is 5.73 Å². The minimum atomic E-state index is 0.468. The summed E-state index contributed by atoms with van der Waals surface area (Å²) in [5.41, 5.74) is 6.96. The second kappa shape index (κ2) is 2.95. The summed E-state index contributed by atoms with van der Waals surface area (Å²) in [6, 6.07) is 0. The summed E-state index contributed by atoms with van der Waals surface area (Å²) in [4.78, 5) is 0. The second-order valence-corrected chi connectivity index (χ2v) is 2.96. The molecule has 0 aromatic carbocycles. The molecule has 1 aromatic rings. The number of hydrogen-bond donors (Lipinski definition) is 1. The third-order valence-corrected chi connectivity index (χ3v) is 1.83. The minimum Gasteiger partial charge on any atom is -0.384 e. The average Bonchev–Trinajstić information content (AvgIpc) is 2.30. The van der Waals surface area contributed by atoms with Gasteiger partial charge in [0.1, 0.15) is 5.82 Å². The Hall–Kier alpha value is -0.990. The van der Waals surface area contributed by atoms with E-state index in [1.54, 1.807) is 0 Å². The minimum absolute atomic E-state index is 0.468. The van der Waals surface area contributed by atoms with Gasteiger partial charge in [0.05, 0.1) is 6.20 Å². The molecule has 62 valence electrons. The first-order valence-electron chi connectivity index (χ1n) is 3.98. The lowest BCUT2D eigenvalue weighted by atomic mass is 10.1. The molecular weight excluding hydrogens is 138 g/mol. The van der Waals surface area contributed by atoms with Crippen molar-refractivity contribution in [3.63, 3.8) is 0 Å². The molecule has 1 aromatic heterocycles. The Morgan fingerprint density at radius 1 is 1.64 bits per heavy atom. The van der Waals surface area contributed by atoms with Crippen LogP contribution in [0.15, 0.2) is 6.20 Å². The van der Waals surface area contributed by atoms with Gasteiger partial charge in [0, 0.05) is 12.1 Å². The highest BCUT2D eigenvalue weighted by molar-refractivity contribution is 5.40. The van der Waals surface area contributed by atoms with Crippen LogP contribution < -0.4 is 5.73 Å². The van der Waals surface area contributed by atoms with Gasteiger partial charge >= 0.3 is 0 Å². The Labute approximate surface area is 67.2 Å². The lowest BCUT2D eigenvalue weighted by molar-refractivity contribution is 0.669. The highest BCUT2D eigenvalue weighted by atomic mass is 15.3. The fourth-order valence-corrected chi connectivity index (χ4v) is 1.11. The van der Waals surface area contributed by atoms with Gasteiger partial charge < -0.3 is 5.73 Å². The summed E-state index contributed by atoms with van der Waals surface area (Å²) in [6.07, 6.45) is 1.85. The summed E-state index contributed by atoms with van der Waals surface area (Å²) in [6.45, 7) is 7.12. The summed E-state index contributed by atoms with van der Waals surface area (Å²) in [5, 5.41) is 4.15. The molecule has 3 heteroatoms. The van der Waals surface area contributed by atoms with Crippen molar-refractivity contribution in [3.8, 4) is 0 Å². The van der Waals surface area contributed by atoms with E-state index in [9.17, 15) is 0 Å². The first-order valence-corrected chi connectivity index (χ1v) is 3.98. The number of anilines is 1. The second-order valence-electron chi connectivity index (χ2n) is 2.96. The molecule has 2 N–H and O–H groups in total. The molecule has 0 saturated heterocycles. The summed E-state index contributed by atoms with van der Waals surface area (Å²) in [5.74, 6) is 1.28. The van der Waals surface area contributed by atoms with E-state index in [4.69, 9.17) is 5.73 Å². The molecule has 0 aliphatic carbocycles. The molecule has 1 heterocycles. The molecule has 3 nitrogen and oxygen atoms in total. The summed E-state index contributed by atoms with van der Waals surface area (Å²) < 4.78 is 1.81. The monoisotopic (exact) mass is 153 g/mol. The zero-order chi connectivity index (χ0) is 8.43. The van der Waals surface area contributed by atoms with Gasteiger partial charge in [-0.25, -0.2) is 0 Å². The Bertz CT molecular complexity index is 237. The molecule has 0 spiro atoms. The van der Waals surface area contributed by atoms with Gasteiger partial charge in [-0.1, -0.05) is 13.8 Å². The van der Waals surface area contributed by atoms with Crippen molar-refractivity contribution in [2.45, 2.75) is 33.2 Å². The maximum Gasteiger partial charge on any atom is 0.125 e. The predicted octanol–water partition coefficient (Wildman–Crippen LogP) is 1.61. The van der Waals surface area contributed by atoms with Crippen LogP contribution in [0.3, 0.4) is 0 Å². The van der Waals surface area contributed by atoms with E-state index in [0.29, 0.717) is 5.92 Å². The average molecular weight is 153 g/mol. The molecular formula is C8H15N3. The van der Waals surface area contributed by atoms with Crippen LogP contribution in [0, 0.1) is 0 Å². The SMILES string of the molecule is CCn1ncc(C(C)C)c1N. The van der Waals surface area contributed by atoms with Gasteiger partial charge in [0.15, 0.2) is 0 Å². The zero-order valence-corrected chi connectivity index (χ0v) is 7.33. The number of rotatable bonds is 2. The van der Waals surface area contributed by atoms with E-state index in [1.807, 2.05) is 17.8 Å². The summed E-state index contributed by atoms with van der Waals surface area (Å²) >= 11 is 0. The highest BCUT2D eigenvalue weighted by Crippen LogP contribution is 2.20. The van der Waals surface area contributed by atoms with Gasteiger partial charge in [-0.2, -0.15) is 5.10 Å². The van der Waals surface area contributed by atoms with Crippen molar-refractivity contribution >= 4 is 5.82 Å². The van der Waals surface area contributed by atoms with Crippen molar-refractivity contribution in [3.05, 3.63) is 11.8 Å². The van der Waals surface area contributed by atoms with Gasteiger partial charge in [-0.05, 0) is 12.8 Å². The third-order valence-electron chi connectivity index (χ3n) is 1.83. The molecule has 0 saturated carbocycles. The maximum atomic E-state index is 5.82. The molecule has 0 amide bonds. The van der Waals surface area contributed by atoms with Gasteiger partial charge in [0.2, 0.25) is 0 Å². The fraction of sp³-hybridized carbons (Fsp3) is 0.625. The normalized spacial score (nSPS) is 10.9. The van der Waals surface area contributed by atoms with E-state index in [0.717, 1.165) is 17.9 Å². The Morgan fingerprint density at radius 2 is 2.27 bits per heavy atom. The molecule has 0 atom stereocenters. The van der Waals surface area contributed by atoms with Gasteiger partial charge in [-0.15, -0.1) is 0 Å². The van der Waals surface area contributed by atoms with Crippen LogP contribution in [0.5, 0.6) is 0 Å². The van der Waals surface area contributed by atoms with Gasteiger partial charge in [0.25, 0.3) is 0 Å². The first kappa shape index (κ1) is 8.11. The molecule has 1 rings (SSSR count). The Morgan fingerprint density at radius 3 is 2.55 bits per heavy atom. The summed E-state index contributed by atoms with van der Waals surface area (Å²) in [7, 11) is 0. The first-order chi connectivity index (χ1) is 5.16. The number of nitrogen functional groups attached to an aromatic ring is 1. The molecule has 0 unspecified atom stereocenters. The van der Waals surface area contributed by atoms with E-state index in [2.05, 4.69) is 18.9 Å². The molecule has 0 aliphatic heterocycles. The lowest BCUT2D eigenvalue weighted by Crippen LogP contribution is -2.03. The van der Waals surface area contributed by atoms with Crippen molar-refractivity contribution in [2.24, 2.45) is 0 Å².